The van der Waals surface area contributed by atoms with Crippen LogP contribution in [0, 0.1) is 0 Å². The van der Waals surface area contributed by atoms with Gasteiger partial charge in [-0.1, -0.05) is 45.0 Å². The first kappa shape index (κ1) is 17.7. The molecule has 2 aliphatic rings. The molecule has 2 aromatic carbocycles. The molecule has 0 atom stereocenters. The first-order chi connectivity index (χ1) is 11.8. The number of carbonyl (C=O) groups is 1. The van der Waals surface area contributed by atoms with Gasteiger partial charge in [0.15, 0.2) is 5.78 Å². The van der Waals surface area contributed by atoms with E-state index in [0.717, 1.165) is 42.6 Å². The summed E-state index contributed by atoms with van der Waals surface area (Å²) in [6.07, 6.45) is 3.60. The summed E-state index contributed by atoms with van der Waals surface area (Å²) in [6, 6.07) is 11.0. The lowest BCUT2D eigenvalue weighted by Gasteiger charge is -2.23. The molecule has 0 aromatic heterocycles. The normalized spacial score (nSPS) is 14.1. The van der Waals surface area contributed by atoms with Crippen molar-refractivity contribution in [2.45, 2.75) is 58.8 Å². The van der Waals surface area contributed by atoms with Gasteiger partial charge in [-0.15, -0.1) is 0 Å². The van der Waals surface area contributed by atoms with Gasteiger partial charge in [-0.25, -0.2) is 0 Å². The number of carbonyl (C=O) groups excluding carboxylic acids is 1. The minimum Gasteiger partial charge on any atom is -0.496 e. The number of hydrogen-bond acceptors (Lipinski definition) is 2. The zero-order chi connectivity index (χ0) is 18.2. The molecular weight excluding hydrogens is 308 g/mol. The number of ether oxygens (including phenoxy) is 1. The SMILES string of the molecule is COc1c2cc(C(C)(C)C)cc1CCc1ccc(cc1C(C)=O)CC2. The monoisotopic (exact) mass is 336 g/mol. The highest BCUT2D eigenvalue weighted by Crippen LogP contribution is 2.34. The van der Waals surface area contributed by atoms with Crippen LogP contribution in [-0.4, -0.2) is 12.9 Å². The van der Waals surface area contributed by atoms with E-state index in [0.29, 0.717) is 0 Å². The van der Waals surface area contributed by atoms with Crippen molar-refractivity contribution in [3.63, 3.8) is 0 Å². The molecule has 0 radical (unpaired) electrons. The fraction of sp³-hybridized carbons (Fsp3) is 0.435. The fourth-order valence-corrected chi connectivity index (χ4v) is 3.69. The van der Waals surface area contributed by atoms with Gasteiger partial charge >= 0.3 is 0 Å². The first-order valence-corrected chi connectivity index (χ1v) is 9.12. The fourth-order valence-electron chi connectivity index (χ4n) is 3.69. The largest absolute Gasteiger partial charge is 0.496 e. The molecule has 0 N–H and O–H groups in total. The molecule has 132 valence electrons. The Morgan fingerprint density at radius 1 is 0.920 bits per heavy atom. The third-order valence-electron chi connectivity index (χ3n) is 5.21. The maximum Gasteiger partial charge on any atom is 0.160 e. The second-order valence-electron chi connectivity index (χ2n) is 8.13. The van der Waals surface area contributed by atoms with Crippen molar-refractivity contribution in [1.29, 1.82) is 0 Å². The molecule has 2 aromatic rings. The maximum absolute atomic E-state index is 12.1. The van der Waals surface area contributed by atoms with Gasteiger partial charge in [-0.05, 0) is 71.9 Å². The van der Waals surface area contributed by atoms with Crippen LogP contribution in [0.2, 0.25) is 0 Å². The minimum atomic E-state index is 0.107. The van der Waals surface area contributed by atoms with E-state index in [4.69, 9.17) is 4.74 Å². The van der Waals surface area contributed by atoms with Crippen LogP contribution in [0.25, 0.3) is 0 Å². The summed E-state index contributed by atoms with van der Waals surface area (Å²) < 4.78 is 5.80. The molecule has 25 heavy (non-hydrogen) atoms. The second kappa shape index (κ2) is 6.67. The molecular formula is C23H28O2. The molecule has 0 saturated heterocycles. The van der Waals surface area contributed by atoms with Crippen LogP contribution in [0.4, 0.5) is 0 Å². The number of ketones is 1. The number of rotatable bonds is 2. The Kier molecular flexibility index (Phi) is 4.73. The van der Waals surface area contributed by atoms with E-state index >= 15 is 0 Å². The average molecular weight is 336 g/mol. The molecule has 4 rings (SSSR count). The Morgan fingerprint density at radius 3 is 2.08 bits per heavy atom. The molecule has 0 saturated carbocycles. The number of Topliss-reactive ketones (excluding diaryl/α,β-unsaturated/α-hetero) is 1. The van der Waals surface area contributed by atoms with Gasteiger partial charge in [-0.3, -0.25) is 4.79 Å². The number of benzene rings is 2. The molecule has 2 nitrogen and oxygen atoms in total. The highest BCUT2D eigenvalue weighted by Gasteiger charge is 2.21. The number of methoxy groups -OCH3 is 1. The van der Waals surface area contributed by atoms with E-state index in [1.807, 2.05) is 0 Å². The topological polar surface area (TPSA) is 26.3 Å². The molecule has 0 unspecified atom stereocenters. The van der Waals surface area contributed by atoms with E-state index in [2.05, 4.69) is 51.1 Å². The lowest BCUT2D eigenvalue weighted by Crippen LogP contribution is -2.13. The van der Waals surface area contributed by atoms with E-state index in [9.17, 15) is 4.79 Å². The zero-order valence-electron chi connectivity index (χ0n) is 16.0. The van der Waals surface area contributed by atoms with E-state index in [1.54, 1.807) is 14.0 Å². The number of hydrogen-bond donors (Lipinski definition) is 0. The molecule has 2 heteroatoms. The Bertz CT molecular complexity index is 810. The predicted octanol–water partition coefficient (Wildman–Crippen LogP) is 5.08. The van der Waals surface area contributed by atoms with Crippen molar-refractivity contribution in [1.82, 2.24) is 0 Å². The van der Waals surface area contributed by atoms with Crippen molar-refractivity contribution in [3.8, 4) is 5.75 Å². The summed E-state index contributed by atoms with van der Waals surface area (Å²) in [5.41, 5.74) is 7.23. The summed E-state index contributed by atoms with van der Waals surface area (Å²) in [7, 11) is 1.77. The van der Waals surface area contributed by atoms with Crippen LogP contribution < -0.4 is 4.74 Å². The highest BCUT2D eigenvalue weighted by molar-refractivity contribution is 5.95. The van der Waals surface area contributed by atoms with Gasteiger partial charge in [0.1, 0.15) is 5.75 Å². The quantitative estimate of drug-likeness (QED) is 0.715. The molecule has 2 aliphatic carbocycles. The Hall–Kier alpha value is -2.09. The van der Waals surface area contributed by atoms with Crippen LogP contribution in [0.15, 0.2) is 30.3 Å². The predicted molar refractivity (Wildman–Crippen MR) is 103 cm³/mol. The van der Waals surface area contributed by atoms with Crippen molar-refractivity contribution in [2.24, 2.45) is 0 Å². The van der Waals surface area contributed by atoms with E-state index < -0.39 is 0 Å². The standard InChI is InChI=1S/C23H28O2/c1-15(24)21-12-16-6-8-17(21)10-11-19-14-20(23(2,3)4)13-18(9-7-16)22(19)25-5/h6,8,12-14H,7,9-11H2,1-5H3. The lowest BCUT2D eigenvalue weighted by atomic mass is 9.83. The van der Waals surface area contributed by atoms with Crippen LogP contribution in [0.5, 0.6) is 5.75 Å². The Labute approximate surface area is 151 Å². The highest BCUT2D eigenvalue weighted by atomic mass is 16.5. The van der Waals surface area contributed by atoms with E-state index in [-0.39, 0.29) is 11.2 Å². The smallest absolute Gasteiger partial charge is 0.160 e. The molecule has 0 spiro atoms. The minimum absolute atomic E-state index is 0.107. The van der Waals surface area contributed by atoms with Crippen LogP contribution >= 0.6 is 0 Å². The molecule has 4 bridgehead atoms. The lowest BCUT2D eigenvalue weighted by molar-refractivity contribution is 0.101. The van der Waals surface area contributed by atoms with Crippen molar-refractivity contribution in [3.05, 3.63) is 63.7 Å². The van der Waals surface area contributed by atoms with Crippen LogP contribution in [0.3, 0.4) is 0 Å². The zero-order valence-corrected chi connectivity index (χ0v) is 16.0. The van der Waals surface area contributed by atoms with Crippen LogP contribution in [0.1, 0.15) is 65.9 Å². The average Bonchev–Trinajstić information content (AvgIpc) is 2.58. The Balaban J connectivity index is 2.13. The summed E-state index contributed by atoms with van der Waals surface area (Å²) in [5, 5.41) is 0. The summed E-state index contributed by atoms with van der Waals surface area (Å²) in [4.78, 5) is 12.1. The van der Waals surface area contributed by atoms with Crippen LogP contribution in [-0.2, 0) is 31.1 Å². The number of aryl methyl sites for hydroxylation is 4. The van der Waals surface area contributed by atoms with Gasteiger partial charge in [0.05, 0.1) is 7.11 Å². The summed E-state index contributed by atoms with van der Waals surface area (Å²) in [6.45, 7) is 8.43. The van der Waals surface area contributed by atoms with Gasteiger partial charge in [0.25, 0.3) is 0 Å². The third kappa shape index (κ3) is 3.63. The third-order valence-corrected chi connectivity index (χ3v) is 5.21. The molecule has 0 heterocycles. The van der Waals surface area contributed by atoms with Crippen molar-refractivity contribution < 1.29 is 9.53 Å². The van der Waals surface area contributed by atoms with Gasteiger partial charge in [0.2, 0.25) is 0 Å². The summed E-state index contributed by atoms with van der Waals surface area (Å²) in [5.74, 6) is 1.19. The van der Waals surface area contributed by atoms with E-state index in [1.165, 1.54) is 22.3 Å². The molecule has 0 amide bonds. The van der Waals surface area contributed by atoms with Gasteiger partial charge in [-0.2, -0.15) is 0 Å². The van der Waals surface area contributed by atoms with Crippen molar-refractivity contribution in [2.75, 3.05) is 7.11 Å². The maximum atomic E-state index is 12.1. The molecule has 0 aliphatic heterocycles. The number of fused-ring (bicyclic) bond motifs is 4. The van der Waals surface area contributed by atoms with Crippen molar-refractivity contribution >= 4 is 5.78 Å². The first-order valence-electron chi connectivity index (χ1n) is 9.12. The molecule has 0 fully saturated rings. The Morgan fingerprint density at radius 2 is 1.52 bits per heavy atom. The van der Waals surface area contributed by atoms with Gasteiger partial charge in [0, 0.05) is 5.56 Å². The van der Waals surface area contributed by atoms with Gasteiger partial charge < -0.3 is 4.74 Å². The summed E-state index contributed by atoms with van der Waals surface area (Å²) >= 11 is 0. The second-order valence-corrected chi connectivity index (χ2v) is 8.13.